The first-order chi connectivity index (χ1) is 13.1. The number of rotatable bonds is 7. The number of amides is 1. The predicted molar refractivity (Wildman–Crippen MR) is 102 cm³/mol. The zero-order valence-electron chi connectivity index (χ0n) is 14.6. The monoisotopic (exact) mass is 384 g/mol. The van der Waals surface area contributed by atoms with E-state index in [0.29, 0.717) is 17.4 Å². The van der Waals surface area contributed by atoms with Crippen LogP contribution in [0, 0.1) is 0 Å². The van der Waals surface area contributed by atoms with E-state index in [0.717, 1.165) is 18.2 Å². The number of fused-ring (bicyclic) bond motifs is 1. The molecule has 0 atom stereocenters. The van der Waals surface area contributed by atoms with Gasteiger partial charge in [-0.05, 0) is 43.2 Å². The van der Waals surface area contributed by atoms with Gasteiger partial charge >= 0.3 is 0 Å². The van der Waals surface area contributed by atoms with Crippen molar-refractivity contribution >= 4 is 27.0 Å². The molecule has 1 aromatic carbocycles. The highest BCUT2D eigenvalue weighted by atomic mass is 32.2. The minimum absolute atomic E-state index is 0.0794. The van der Waals surface area contributed by atoms with Crippen molar-refractivity contribution in [1.29, 1.82) is 0 Å². The third-order valence-electron chi connectivity index (χ3n) is 4.41. The minimum atomic E-state index is -3.80. The fourth-order valence-electron chi connectivity index (χ4n) is 2.97. The van der Waals surface area contributed by atoms with Crippen LogP contribution in [0.2, 0.25) is 0 Å². The third-order valence-corrected chi connectivity index (χ3v) is 6.16. The lowest BCUT2D eigenvalue weighted by molar-refractivity contribution is -0.120. The van der Waals surface area contributed by atoms with Crippen molar-refractivity contribution in [2.45, 2.75) is 30.3 Å². The molecule has 1 amide bonds. The van der Waals surface area contributed by atoms with Crippen molar-refractivity contribution in [3.63, 3.8) is 0 Å². The Labute approximate surface area is 157 Å². The van der Waals surface area contributed by atoms with Crippen molar-refractivity contribution in [1.82, 2.24) is 19.6 Å². The molecule has 1 fully saturated rings. The normalized spacial score (nSPS) is 14.4. The Morgan fingerprint density at radius 3 is 2.67 bits per heavy atom. The lowest BCUT2D eigenvalue weighted by atomic mass is 10.3. The summed E-state index contributed by atoms with van der Waals surface area (Å²) in [4.78, 5) is 16.3. The van der Waals surface area contributed by atoms with Crippen LogP contribution in [0.1, 0.15) is 18.5 Å². The van der Waals surface area contributed by atoms with E-state index in [1.54, 1.807) is 48.7 Å². The van der Waals surface area contributed by atoms with E-state index in [1.807, 2.05) is 6.07 Å². The number of carbonyl (C=O) groups excluding carboxylic acids is 1. The zero-order chi connectivity index (χ0) is 18.9. The molecule has 0 bridgehead atoms. The summed E-state index contributed by atoms with van der Waals surface area (Å²) in [6.45, 7) is 0.372. The average molecular weight is 384 g/mol. The molecular weight excluding hydrogens is 364 g/mol. The van der Waals surface area contributed by atoms with E-state index < -0.39 is 10.0 Å². The molecule has 0 spiro atoms. The Morgan fingerprint density at radius 2 is 1.93 bits per heavy atom. The van der Waals surface area contributed by atoms with Crippen molar-refractivity contribution in [2.75, 3.05) is 6.54 Å². The highest BCUT2D eigenvalue weighted by molar-refractivity contribution is 7.90. The summed E-state index contributed by atoms with van der Waals surface area (Å²) in [6.07, 6.45) is 3.63. The molecule has 2 N–H and O–H groups in total. The van der Waals surface area contributed by atoms with Crippen LogP contribution in [-0.2, 0) is 21.4 Å². The largest absolute Gasteiger partial charge is 0.352 e. The maximum atomic E-state index is 13.2. The van der Waals surface area contributed by atoms with E-state index in [4.69, 9.17) is 0 Å². The van der Waals surface area contributed by atoms with Crippen molar-refractivity contribution in [3.05, 3.63) is 60.4 Å². The Bertz CT molecular complexity index is 1070. The van der Waals surface area contributed by atoms with Gasteiger partial charge < -0.3 is 10.6 Å². The van der Waals surface area contributed by atoms with Crippen molar-refractivity contribution in [3.8, 4) is 0 Å². The molecular formula is C19H20N4O3S. The predicted octanol–water partition coefficient (Wildman–Crippen LogP) is 1.64. The second-order valence-electron chi connectivity index (χ2n) is 6.58. The first-order valence-electron chi connectivity index (χ1n) is 8.82. The Hall–Kier alpha value is -2.71. The van der Waals surface area contributed by atoms with E-state index in [1.165, 1.54) is 3.97 Å². The SMILES string of the molecule is O=C(CNCc1cc2cccnc2n1S(=O)(=O)c1ccccc1)NC1CC1. The number of carbonyl (C=O) groups is 1. The molecule has 140 valence electrons. The van der Waals surface area contributed by atoms with Crippen LogP contribution in [-0.4, -0.2) is 35.9 Å². The van der Waals surface area contributed by atoms with Gasteiger partial charge in [-0.3, -0.25) is 4.79 Å². The number of hydrogen-bond donors (Lipinski definition) is 2. The van der Waals surface area contributed by atoms with Crippen molar-refractivity contribution in [2.24, 2.45) is 0 Å². The van der Waals surface area contributed by atoms with E-state index >= 15 is 0 Å². The van der Waals surface area contributed by atoms with E-state index in [9.17, 15) is 13.2 Å². The number of nitrogens with one attached hydrogen (secondary N) is 2. The molecule has 0 radical (unpaired) electrons. The van der Waals surface area contributed by atoms with Gasteiger partial charge in [0.25, 0.3) is 10.0 Å². The van der Waals surface area contributed by atoms with Gasteiger partial charge in [-0.1, -0.05) is 18.2 Å². The lowest BCUT2D eigenvalue weighted by Gasteiger charge is -2.12. The van der Waals surface area contributed by atoms with Crippen LogP contribution < -0.4 is 10.6 Å². The topological polar surface area (TPSA) is 93.1 Å². The summed E-state index contributed by atoms with van der Waals surface area (Å²) >= 11 is 0. The maximum Gasteiger partial charge on any atom is 0.269 e. The lowest BCUT2D eigenvalue weighted by Crippen LogP contribution is -2.35. The second kappa shape index (κ2) is 7.13. The Morgan fingerprint density at radius 1 is 1.15 bits per heavy atom. The molecule has 7 nitrogen and oxygen atoms in total. The van der Waals surface area contributed by atoms with Gasteiger partial charge in [0.1, 0.15) is 0 Å². The smallest absolute Gasteiger partial charge is 0.269 e. The van der Waals surface area contributed by atoms with Crippen LogP contribution >= 0.6 is 0 Å². The molecule has 1 saturated carbocycles. The maximum absolute atomic E-state index is 13.2. The van der Waals surface area contributed by atoms with Gasteiger partial charge in [0.2, 0.25) is 5.91 Å². The van der Waals surface area contributed by atoms with E-state index in [2.05, 4.69) is 15.6 Å². The van der Waals surface area contributed by atoms with Crippen LogP contribution in [0.3, 0.4) is 0 Å². The summed E-state index contributed by atoms with van der Waals surface area (Å²) in [7, 11) is -3.80. The summed E-state index contributed by atoms with van der Waals surface area (Å²) < 4.78 is 27.6. The van der Waals surface area contributed by atoms with Gasteiger partial charge in [0, 0.05) is 24.2 Å². The van der Waals surface area contributed by atoms with Gasteiger partial charge in [-0.2, -0.15) is 0 Å². The number of benzene rings is 1. The first-order valence-corrected chi connectivity index (χ1v) is 10.3. The molecule has 2 aromatic heterocycles. The fraction of sp³-hybridized carbons (Fsp3) is 0.263. The first kappa shape index (κ1) is 17.7. The number of hydrogen-bond acceptors (Lipinski definition) is 5. The van der Waals surface area contributed by atoms with Crippen LogP contribution in [0.25, 0.3) is 11.0 Å². The summed E-state index contributed by atoms with van der Waals surface area (Å²) in [5, 5.41) is 6.67. The number of pyridine rings is 1. The standard InChI is InChI=1S/C19H20N4O3S/c24-18(22-15-8-9-15)13-20-12-16-11-14-5-4-10-21-19(14)23(16)27(25,26)17-6-2-1-3-7-17/h1-7,10-11,15,20H,8-9,12-13H2,(H,22,24). The number of nitrogens with zero attached hydrogens (tertiary/aromatic N) is 2. The zero-order valence-corrected chi connectivity index (χ0v) is 15.4. The average Bonchev–Trinajstić information content (AvgIpc) is 3.39. The van der Waals surface area contributed by atoms with Gasteiger partial charge in [-0.15, -0.1) is 0 Å². The van der Waals surface area contributed by atoms with Crippen LogP contribution in [0.15, 0.2) is 59.6 Å². The molecule has 1 aliphatic rings. The molecule has 0 unspecified atom stereocenters. The molecule has 8 heteroatoms. The number of aromatic nitrogens is 2. The van der Waals surface area contributed by atoms with Crippen LogP contribution in [0.4, 0.5) is 0 Å². The Balaban J connectivity index is 1.64. The molecule has 1 aliphatic carbocycles. The van der Waals surface area contributed by atoms with Crippen molar-refractivity contribution < 1.29 is 13.2 Å². The third kappa shape index (κ3) is 3.72. The molecule has 27 heavy (non-hydrogen) atoms. The summed E-state index contributed by atoms with van der Waals surface area (Å²) in [5.41, 5.74) is 0.910. The van der Waals surface area contributed by atoms with Gasteiger partial charge in [-0.25, -0.2) is 17.4 Å². The Kier molecular flexibility index (Phi) is 4.67. The van der Waals surface area contributed by atoms with Gasteiger partial charge in [0.05, 0.1) is 17.1 Å². The summed E-state index contributed by atoms with van der Waals surface area (Å²) in [5.74, 6) is -0.0794. The fourth-order valence-corrected chi connectivity index (χ4v) is 4.48. The molecule has 0 aliphatic heterocycles. The van der Waals surface area contributed by atoms with Gasteiger partial charge in [0.15, 0.2) is 5.65 Å². The minimum Gasteiger partial charge on any atom is -0.352 e. The molecule has 2 heterocycles. The summed E-state index contributed by atoms with van der Waals surface area (Å²) in [6, 6.07) is 13.9. The second-order valence-corrected chi connectivity index (χ2v) is 8.37. The van der Waals surface area contributed by atoms with Crippen LogP contribution in [0.5, 0.6) is 0 Å². The van der Waals surface area contributed by atoms with E-state index in [-0.39, 0.29) is 23.9 Å². The molecule has 3 aromatic rings. The quantitative estimate of drug-likeness (QED) is 0.646. The highest BCUT2D eigenvalue weighted by Gasteiger charge is 2.25. The molecule has 0 saturated heterocycles. The molecule has 4 rings (SSSR count). The highest BCUT2D eigenvalue weighted by Crippen LogP contribution is 2.24.